The first-order valence-corrected chi connectivity index (χ1v) is 8.43. The molecule has 5 nitrogen and oxygen atoms in total. The van der Waals surface area contributed by atoms with Crippen LogP contribution in [0.5, 0.6) is 0 Å². The van der Waals surface area contributed by atoms with Crippen molar-refractivity contribution in [2.45, 2.75) is 38.3 Å². The second-order valence-electron chi connectivity index (χ2n) is 5.09. The Bertz CT molecular complexity index is 723. The molecule has 0 amide bonds. The quantitative estimate of drug-likeness (QED) is 0.917. The molecule has 1 N–H and O–H groups in total. The predicted molar refractivity (Wildman–Crippen MR) is 82.9 cm³/mol. The highest BCUT2D eigenvalue weighted by molar-refractivity contribution is 7.89. The van der Waals surface area contributed by atoms with Crippen molar-refractivity contribution in [3.05, 3.63) is 46.7 Å². The first-order chi connectivity index (χ1) is 9.78. The van der Waals surface area contributed by atoms with Gasteiger partial charge in [0.25, 0.3) is 0 Å². The Kier molecular flexibility index (Phi) is 4.70. The van der Waals surface area contributed by atoms with Gasteiger partial charge in [-0.2, -0.15) is 5.10 Å². The SMILES string of the molecule is Cc1cc(C)n(C[C@@H](C)NS(=O)(=O)c2ccc(Cl)cc2)n1. The summed E-state index contributed by atoms with van der Waals surface area (Å²) < 4.78 is 28.9. The van der Waals surface area contributed by atoms with E-state index in [1.54, 1.807) is 16.8 Å². The summed E-state index contributed by atoms with van der Waals surface area (Å²) in [4.78, 5) is 0.201. The number of sulfonamides is 1. The molecule has 0 aliphatic rings. The van der Waals surface area contributed by atoms with Gasteiger partial charge in [-0.3, -0.25) is 4.68 Å². The van der Waals surface area contributed by atoms with Gasteiger partial charge in [-0.1, -0.05) is 11.6 Å². The molecule has 0 spiro atoms. The molecule has 0 aliphatic heterocycles. The van der Waals surface area contributed by atoms with Gasteiger partial charge in [-0.15, -0.1) is 0 Å². The van der Waals surface area contributed by atoms with Crippen molar-refractivity contribution < 1.29 is 8.42 Å². The smallest absolute Gasteiger partial charge is 0.240 e. The van der Waals surface area contributed by atoms with E-state index in [1.807, 2.05) is 26.8 Å². The number of aryl methyl sites for hydroxylation is 2. The number of hydrogen-bond acceptors (Lipinski definition) is 3. The first kappa shape index (κ1) is 16.0. The van der Waals surface area contributed by atoms with E-state index in [4.69, 9.17) is 11.6 Å². The Morgan fingerprint density at radius 3 is 2.43 bits per heavy atom. The van der Waals surface area contributed by atoms with Gasteiger partial charge in [0.05, 0.1) is 17.1 Å². The van der Waals surface area contributed by atoms with Crippen LogP contribution in [0.4, 0.5) is 0 Å². The molecule has 1 aromatic heterocycles. The second-order valence-corrected chi connectivity index (χ2v) is 7.24. The molecule has 114 valence electrons. The van der Waals surface area contributed by atoms with Crippen LogP contribution in [0.25, 0.3) is 0 Å². The maximum atomic E-state index is 12.3. The topological polar surface area (TPSA) is 64.0 Å². The average molecular weight is 328 g/mol. The zero-order valence-corrected chi connectivity index (χ0v) is 13.7. The van der Waals surface area contributed by atoms with Gasteiger partial charge in [-0.05, 0) is 51.1 Å². The van der Waals surface area contributed by atoms with Gasteiger partial charge in [0.1, 0.15) is 0 Å². The molecule has 1 atom stereocenters. The fourth-order valence-electron chi connectivity index (χ4n) is 2.10. The van der Waals surface area contributed by atoms with Crippen LogP contribution in [0, 0.1) is 13.8 Å². The minimum atomic E-state index is -3.55. The molecular formula is C14H18ClN3O2S. The van der Waals surface area contributed by atoms with E-state index in [0.29, 0.717) is 11.6 Å². The Morgan fingerprint density at radius 2 is 1.90 bits per heavy atom. The summed E-state index contributed by atoms with van der Waals surface area (Å²) >= 11 is 5.77. The number of hydrogen-bond donors (Lipinski definition) is 1. The Balaban J connectivity index is 2.09. The molecule has 1 heterocycles. The van der Waals surface area contributed by atoms with Gasteiger partial charge in [-0.25, -0.2) is 13.1 Å². The highest BCUT2D eigenvalue weighted by atomic mass is 35.5. The maximum absolute atomic E-state index is 12.3. The van der Waals surface area contributed by atoms with E-state index in [0.717, 1.165) is 11.4 Å². The molecular weight excluding hydrogens is 310 g/mol. The third-order valence-corrected chi connectivity index (χ3v) is 4.89. The van der Waals surface area contributed by atoms with Crippen LogP contribution >= 0.6 is 11.6 Å². The van der Waals surface area contributed by atoms with Gasteiger partial charge < -0.3 is 0 Å². The van der Waals surface area contributed by atoms with Crippen LogP contribution in [0.1, 0.15) is 18.3 Å². The Hall–Kier alpha value is -1.37. The van der Waals surface area contributed by atoms with E-state index in [-0.39, 0.29) is 10.9 Å². The standard InChI is InChI=1S/C14H18ClN3O2S/c1-10-8-12(3)18(16-10)9-11(2)17-21(19,20)14-6-4-13(15)5-7-14/h4-8,11,17H,9H2,1-3H3/t11-/m1/s1. The van der Waals surface area contributed by atoms with Crippen molar-refractivity contribution in [2.75, 3.05) is 0 Å². The minimum Gasteiger partial charge on any atom is -0.268 e. The van der Waals surface area contributed by atoms with E-state index >= 15 is 0 Å². The van der Waals surface area contributed by atoms with Crippen LogP contribution in [-0.2, 0) is 16.6 Å². The van der Waals surface area contributed by atoms with Crippen molar-refractivity contribution in [2.24, 2.45) is 0 Å². The lowest BCUT2D eigenvalue weighted by Crippen LogP contribution is -2.36. The van der Waals surface area contributed by atoms with Crippen molar-refractivity contribution >= 4 is 21.6 Å². The van der Waals surface area contributed by atoms with E-state index in [9.17, 15) is 8.42 Å². The molecule has 0 saturated heterocycles. The van der Waals surface area contributed by atoms with Crippen LogP contribution in [0.3, 0.4) is 0 Å². The zero-order chi connectivity index (χ0) is 15.6. The fraction of sp³-hybridized carbons (Fsp3) is 0.357. The first-order valence-electron chi connectivity index (χ1n) is 6.57. The number of aromatic nitrogens is 2. The summed E-state index contributed by atoms with van der Waals surface area (Å²) in [5.41, 5.74) is 1.92. The lowest BCUT2D eigenvalue weighted by molar-refractivity contribution is 0.485. The lowest BCUT2D eigenvalue weighted by Gasteiger charge is -2.15. The molecule has 0 bridgehead atoms. The highest BCUT2D eigenvalue weighted by Crippen LogP contribution is 2.14. The van der Waals surface area contributed by atoms with Crippen LogP contribution in [-0.4, -0.2) is 24.2 Å². The molecule has 2 aromatic rings. The largest absolute Gasteiger partial charge is 0.268 e. The summed E-state index contributed by atoms with van der Waals surface area (Å²) in [6, 6.07) is 7.77. The number of halogens is 1. The van der Waals surface area contributed by atoms with Gasteiger partial charge in [0, 0.05) is 16.8 Å². The summed E-state index contributed by atoms with van der Waals surface area (Å²) in [5.74, 6) is 0. The Morgan fingerprint density at radius 1 is 1.29 bits per heavy atom. The molecule has 0 unspecified atom stereocenters. The number of nitrogens with zero attached hydrogens (tertiary/aromatic N) is 2. The molecule has 2 rings (SSSR count). The van der Waals surface area contributed by atoms with E-state index in [2.05, 4.69) is 9.82 Å². The van der Waals surface area contributed by atoms with Crippen LogP contribution in [0.2, 0.25) is 5.02 Å². The van der Waals surface area contributed by atoms with Crippen molar-refractivity contribution in [1.29, 1.82) is 0 Å². The Labute approximate surface area is 130 Å². The molecule has 1 aromatic carbocycles. The highest BCUT2D eigenvalue weighted by Gasteiger charge is 2.18. The summed E-state index contributed by atoms with van der Waals surface area (Å²) in [5, 5.41) is 4.83. The second kappa shape index (κ2) is 6.17. The molecule has 7 heteroatoms. The summed E-state index contributed by atoms with van der Waals surface area (Å²) in [6.45, 7) is 6.14. The van der Waals surface area contributed by atoms with Crippen LogP contribution in [0.15, 0.2) is 35.2 Å². The molecule has 0 fully saturated rings. The lowest BCUT2D eigenvalue weighted by atomic mass is 10.3. The normalized spacial score (nSPS) is 13.3. The predicted octanol–water partition coefficient (Wildman–Crippen LogP) is 2.52. The third-order valence-electron chi connectivity index (χ3n) is 3.03. The number of benzene rings is 1. The van der Waals surface area contributed by atoms with Crippen molar-refractivity contribution in [1.82, 2.24) is 14.5 Å². The number of rotatable bonds is 5. The van der Waals surface area contributed by atoms with Gasteiger partial charge >= 0.3 is 0 Å². The van der Waals surface area contributed by atoms with E-state index in [1.165, 1.54) is 12.1 Å². The molecule has 0 saturated carbocycles. The average Bonchev–Trinajstić information content (AvgIpc) is 2.67. The molecule has 0 aliphatic carbocycles. The van der Waals surface area contributed by atoms with Gasteiger partial charge in [0.15, 0.2) is 0 Å². The van der Waals surface area contributed by atoms with Crippen molar-refractivity contribution in [3.63, 3.8) is 0 Å². The van der Waals surface area contributed by atoms with E-state index < -0.39 is 10.0 Å². The monoisotopic (exact) mass is 327 g/mol. The van der Waals surface area contributed by atoms with Crippen molar-refractivity contribution in [3.8, 4) is 0 Å². The molecule has 0 radical (unpaired) electrons. The van der Waals surface area contributed by atoms with Gasteiger partial charge in [0.2, 0.25) is 10.0 Å². The van der Waals surface area contributed by atoms with Crippen LogP contribution < -0.4 is 4.72 Å². The zero-order valence-electron chi connectivity index (χ0n) is 12.2. The summed E-state index contributed by atoms with van der Waals surface area (Å²) in [6.07, 6.45) is 0. The third kappa shape index (κ3) is 4.06. The number of nitrogens with one attached hydrogen (secondary N) is 1. The fourth-order valence-corrected chi connectivity index (χ4v) is 3.46. The minimum absolute atomic E-state index is 0.201. The maximum Gasteiger partial charge on any atom is 0.240 e. The summed E-state index contributed by atoms with van der Waals surface area (Å²) in [7, 11) is -3.55. The molecule has 21 heavy (non-hydrogen) atoms.